The molecule has 0 aliphatic heterocycles. The number of nitrogens with one attached hydrogen (secondary N) is 2. The van der Waals surface area contributed by atoms with Gasteiger partial charge in [0.1, 0.15) is 0 Å². The molecule has 0 atom stereocenters. The molecule has 0 bridgehead atoms. The molecular formula is C21H17BrN2O2. The highest BCUT2D eigenvalue weighted by atomic mass is 79.9. The van der Waals surface area contributed by atoms with Crippen molar-refractivity contribution in [2.24, 2.45) is 0 Å². The molecule has 3 aromatic rings. The second-order valence-corrected chi connectivity index (χ2v) is 6.58. The molecule has 0 spiro atoms. The number of carbonyl (C=O) groups excluding carboxylic acids is 2. The van der Waals surface area contributed by atoms with Crippen molar-refractivity contribution in [1.29, 1.82) is 0 Å². The molecule has 0 aromatic heterocycles. The lowest BCUT2D eigenvalue weighted by Gasteiger charge is -2.09. The summed E-state index contributed by atoms with van der Waals surface area (Å²) in [7, 11) is 0. The van der Waals surface area contributed by atoms with Crippen LogP contribution in [-0.4, -0.2) is 11.8 Å². The molecule has 5 heteroatoms. The zero-order valence-corrected chi connectivity index (χ0v) is 15.5. The normalized spacial score (nSPS) is 10.2. The summed E-state index contributed by atoms with van der Waals surface area (Å²) in [6.45, 7) is 0. The van der Waals surface area contributed by atoms with E-state index in [1.54, 1.807) is 24.3 Å². The highest BCUT2D eigenvalue weighted by Crippen LogP contribution is 2.22. The molecular weight excluding hydrogens is 392 g/mol. The van der Waals surface area contributed by atoms with Crippen molar-refractivity contribution in [3.63, 3.8) is 0 Å². The smallest absolute Gasteiger partial charge is 0.255 e. The standard InChI is InChI=1S/C21H17BrN2O2/c22-18-8-4-5-9-19(18)24-21(26)16-10-12-17(13-11-16)23-20(25)14-15-6-2-1-3-7-15/h1-13H,14H2,(H,23,25)(H,24,26). The van der Waals surface area contributed by atoms with E-state index in [0.717, 1.165) is 10.0 Å². The first kappa shape index (κ1) is 17.9. The Morgan fingerprint density at radius 3 is 2.12 bits per heavy atom. The Morgan fingerprint density at radius 2 is 1.42 bits per heavy atom. The average Bonchev–Trinajstić information content (AvgIpc) is 2.65. The largest absolute Gasteiger partial charge is 0.326 e. The van der Waals surface area contributed by atoms with Gasteiger partial charge in [0.05, 0.1) is 12.1 Å². The van der Waals surface area contributed by atoms with Crippen LogP contribution < -0.4 is 10.6 Å². The van der Waals surface area contributed by atoms with Crippen LogP contribution in [0.15, 0.2) is 83.3 Å². The topological polar surface area (TPSA) is 58.2 Å². The number of halogens is 1. The maximum absolute atomic E-state index is 12.3. The van der Waals surface area contributed by atoms with E-state index in [2.05, 4.69) is 26.6 Å². The molecule has 0 aliphatic carbocycles. The maximum atomic E-state index is 12.3. The van der Waals surface area contributed by atoms with E-state index in [9.17, 15) is 9.59 Å². The van der Waals surface area contributed by atoms with Crippen molar-refractivity contribution in [3.8, 4) is 0 Å². The third kappa shape index (κ3) is 4.80. The van der Waals surface area contributed by atoms with E-state index >= 15 is 0 Å². The summed E-state index contributed by atoms with van der Waals surface area (Å²) in [5.41, 5.74) is 2.83. The fraction of sp³-hybridized carbons (Fsp3) is 0.0476. The van der Waals surface area contributed by atoms with E-state index in [1.807, 2.05) is 54.6 Å². The molecule has 0 unspecified atom stereocenters. The number of anilines is 2. The number of benzene rings is 3. The molecule has 0 fully saturated rings. The molecule has 3 rings (SSSR count). The number of para-hydroxylation sites is 1. The Labute approximate surface area is 160 Å². The fourth-order valence-corrected chi connectivity index (χ4v) is 2.83. The molecule has 3 aromatic carbocycles. The summed E-state index contributed by atoms with van der Waals surface area (Å²) < 4.78 is 0.818. The predicted octanol–water partition coefficient (Wildman–Crippen LogP) is 4.88. The Kier molecular flexibility index (Phi) is 5.81. The van der Waals surface area contributed by atoms with Crippen LogP contribution in [0.3, 0.4) is 0 Å². The minimum Gasteiger partial charge on any atom is -0.326 e. The van der Waals surface area contributed by atoms with Crippen LogP contribution in [0.25, 0.3) is 0 Å². The zero-order chi connectivity index (χ0) is 18.4. The van der Waals surface area contributed by atoms with Gasteiger partial charge in [0.2, 0.25) is 5.91 Å². The van der Waals surface area contributed by atoms with Gasteiger partial charge in [-0.25, -0.2) is 0 Å². The van der Waals surface area contributed by atoms with Crippen molar-refractivity contribution in [2.45, 2.75) is 6.42 Å². The van der Waals surface area contributed by atoms with Gasteiger partial charge in [-0.2, -0.15) is 0 Å². The van der Waals surface area contributed by atoms with Crippen LogP contribution in [0.2, 0.25) is 0 Å². The first-order valence-corrected chi connectivity index (χ1v) is 8.91. The van der Waals surface area contributed by atoms with Gasteiger partial charge in [-0.05, 0) is 57.9 Å². The van der Waals surface area contributed by atoms with Crippen molar-refractivity contribution in [2.75, 3.05) is 10.6 Å². The first-order valence-electron chi connectivity index (χ1n) is 8.11. The fourth-order valence-electron chi connectivity index (χ4n) is 2.45. The van der Waals surface area contributed by atoms with Crippen molar-refractivity contribution in [1.82, 2.24) is 0 Å². The summed E-state index contributed by atoms with van der Waals surface area (Å²) in [6, 6.07) is 23.8. The Balaban J connectivity index is 1.60. The molecule has 0 aliphatic rings. The van der Waals surface area contributed by atoms with E-state index < -0.39 is 0 Å². The van der Waals surface area contributed by atoms with Gasteiger partial charge >= 0.3 is 0 Å². The molecule has 130 valence electrons. The molecule has 0 saturated heterocycles. The lowest BCUT2D eigenvalue weighted by Crippen LogP contribution is -2.15. The third-order valence-electron chi connectivity index (χ3n) is 3.76. The summed E-state index contributed by atoms with van der Waals surface area (Å²) in [6.07, 6.45) is 0.311. The minimum atomic E-state index is -0.209. The van der Waals surface area contributed by atoms with Crippen molar-refractivity contribution in [3.05, 3.63) is 94.5 Å². The van der Waals surface area contributed by atoms with Gasteiger partial charge in [0.15, 0.2) is 0 Å². The zero-order valence-electron chi connectivity index (χ0n) is 13.9. The van der Waals surface area contributed by atoms with E-state index in [0.29, 0.717) is 23.4 Å². The van der Waals surface area contributed by atoms with Gasteiger partial charge in [-0.3, -0.25) is 9.59 Å². The summed E-state index contributed by atoms with van der Waals surface area (Å²) in [4.78, 5) is 24.4. The highest BCUT2D eigenvalue weighted by Gasteiger charge is 2.09. The van der Waals surface area contributed by atoms with Gasteiger partial charge in [0.25, 0.3) is 5.91 Å². The SMILES string of the molecule is O=C(Cc1ccccc1)Nc1ccc(C(=O)Nc2ccccc2Br)cc1. The van der Waals surface area contributed by atoms with Crippen LogP contribution in [0.4, 0.5) is 11.4 Å². The van der Waals surface area contributed by atoms with E-state index in [-0.39, 0.29) is 11.8 Å². The summed E-state index contributed by atoms with van der Waals surface area (Å²) in [5.74, 6) is -0.305. The number of amides is 2. The van der Waals surface area contributed by atoms with Crippen LogP contribution >= 0.6 is 15.9 Å². The average molecular weight is 409 g/mol. The molecule has 4 nitrogen and oxygen atoms in total. The lowest BCUT2D eigenvalue weighted by atomic mass is 10.1. The van der Waals surface area contributed by atoms with Crippen LogP contribution in [-0.2, 0) is 11.2 Å². The van der Waals surface area contributed by atoms with Crippen LogP contribution in [0, 0.1) is 0 Å². The van der Waals surface area contributed by atoms with Gasteiger partial charge in [-0.15, -0.1) is 0 Å². The monoisotopic (exact) mass is 408 g/mol. The minimum absolute atomic E-state index is 0.0957. The van der Waals surface area contributed by atoms with Crippen LogP contribution in [0.1, 0.15) is 15.9 Å². The van der Waals surface area contributed by atoms with Crippen molar-refractivity contribution >= 4 is 39.1 Å². The second-order valence-electron chi connectivity index (χ2n) is 5.72. The lowest BCUT2D eigenvalue weighted by molar-refractivity contribution is -0.115. The van der Waals surface area contributed by atoms with E-state index in [1.165, 1.54) is 0 Å². The Bertz CT molecular complexity index is 909. The molecule has 0 heterocycles. The quantitative estimate of drug-likeness (QED) is 0.631. The van der Waals surface area contributed by atoms with E-state index in [4.69, 9.17) is 0 Å². The number of rotatable bonds is 5. The molecule has 0 saturated carbocycles. The molecule has 26 heavy (non-hydrogen) atoms. The third-order valence-corrected chi connectivity index (χ3v) is 4.45. The van der Waals surface area contributed by atoms with Gasteiger partial charge in [0, 0.05) is 15.7 Å². The number of hydrogen-bond donors (Lipinski definition) is 2. The highest BCUT2D eigenvalue weighted by molar-refractivity contribution is 9.10. The maximum Gasteiger partial charge on any atom is 0.255 e. The number of hydrogen-bond acceptors (Lipinski definition) is 2. The summed E-state index contributed by atoms with van der Waals surface area (Å²) >= 11 is 3.40. The van der Waals surface area contributed by atoms with Gasteiger partial charge < -0.3 is 10.6 Å². The predicted molar refractivity (Wildman–Crippen MR) is 107 cm³/mol. The Morgan fingerprint density at radius 1 is 0.769 bits per heavy atom. The van der Waals surface area contributed by atoms with Crippen LogP contribution in [0.5, 0.6) is 0 Å². The molecule has 0 radical (unpaired) electrons. The summed E-state index contributed by atoms with van der Waals surface area (Å²) in [5, 5.41) is 5.68. The van der Waals surface area contributed by atoms with Crippen molar-refractivity contribution < 1.29 is 9.59 Å². The van der Waals surface area contributed by atoms with Gasteiger partial charge in [-0.1, -0.05) is 42.5 Å². The molecule has 2 N–H and O–H groups in total. The first-order chi connectivity index (χ1) is 12.6. The molecule has 2 amide bonds. The second kappa shape index (κ2) is 8.45. The number of carbonyl (C=O) groups is 2. The Hall–Kier alpha value is -2.92.